The Bertz CT molecular complexity index is 1070. The first-order valence-electron chi connectivity index (χ1n) is 10.5. The summed E-state index contributed by atoms with van der Waals surface area (Å²) in [7, 11) is 3.15. The van der Waals surface area contributed by atoms with E-state index < -0.39 is 23.3 Å². The molecule has 1 aliphatic rings. The summed E-state index contributed by atoms with van der Waals surface area (Å²) in [5, 5.41) is 9.04. The molecule has 1 aliphatic heterocycles. The highest BCUT2D eigenvalue weighted by Crippen LogP contribution is 2.35. The Morgan fingerprint density at radius 2 is 1.79 bits per heavy atom. The third-order valence-corrected chi connectivity index (χ3v) is 5.77. The average Bonchev–Trinajstić information content (AvgIpc) is 2.81. The highest BCUT2D eigenvalue weighted by molar-refractivity contribution is 5.98. The Kier molecular flexibility index (Phi) is 6.96. The van der Waals surface area contributed by atoms with Crippen molar-refractivity contribution in [3.05, 3.63) is 64.7 Å². The molecule has 6 nitrogen and oxygen atoms in total. The first-order valence-corrected chi connectivity index (χ1v) is 10.5. The molecule has 0 radical (unpaired) electrons. The van der Waals surface area contributed by atoms with Crippen molar-refractivity contribution in [1.82, 2.24) is 9.80 Å². The summed E-state index contributed by atoms with van der Waals surface area (Å²) in [6.45, 7) is 2.47. The molecule has 2 aromatic carbocycles. The minimum Gasteiger partial charge on any atom is -0.367 e. The summed E-state index contributed by atoms with van der Waals surface area (Å²) >= 11 is 0. The van der Waals surface area contributed by atoms with E-state index in [1.165, 1.54) is 15.9 Å². The van der Waals surface area contributed by atoms with Crippen LogP contribution in [0.25, 0.3) is 0 Å². The predicted molar refractivity (Wildman–Crippen MR) is 118 cm³/mol. The minimum absolute atomic E-state index is 0.0407. The van der Waals surface area contributed by atoms with Crippen LogP contribution in [0.5, 0.6) is 0 Å². The van der Waals surface area contributed by atoms with Crippen molar-refractivity contribution in [2.75, 3.05) is 38.6 Å². The van der Waals surface area contributed by atoms with E-state index >= 15 is 0 Å². The molecule has 1 unspecified atom stereocenters. The van der Waals surface area contributed by atoms with E-state index in [1.54, 1.807) is 37.2 Å². The van der Waals surface area contributed by atoms with Crippen molar-refractivity contribution in [1.29, 1.82) is 5.26 Å². The molecule has 0 bridgehead atoms. The van der Waals surface area contributed by atoms with Gasteiger partial charge < -0.3 is 14.7 Å². The Morgan fingerprint density at radius 1 is 1.12 bits per heavy atom. The van der Waals surface area contributed by atoms with Gasteiger partial charge in [-0.05, 0) is 42.3 Å². The Labute approximate surface area is 190 Å². The zero-order valence-corrected chi connectivity index (χ0v) is 18.7. The molecule has 1 fully saturated rings. The number of amides is 2. The van der Waals surface area contributed by atoms with E-state index in [9.17, 15) is 22.8 Å². The quantitative estimate of drug-likeness (QED) is 0.703. The second-order valence-corrected chi connectivity index (χ2v) is 8.08. The number of anilines is 1. The molecular formula is C24H25F3N4O2. The number of hydrogen-bond donors (Lipinski definition) is 0. The number of likely N-dealkylation sites (N-methyl/N-ethyl adjacent to an activating group) is 1. The second-order valence-electron chi connectivity index (χ2n) is 8.08. The van der Waals surface area contributed by atoms with Gasteiger partial charge in [0.2, 0.25) is 5.91 Å². The van der Waals surface area contributed by atoms with Crippen LogP contribution in [0, 0.1) is 11.3 Å². The predicted octanol–water partition coefficient (Wildman–Crippen LogP) is 3.56. The number of hydrogen-bond acceptors (Lipinski definition) is 4. The second kappa shape index (κ2) is 9.53. The van der Waals surface area contributed by atoms with Gasteiger partial charge in [0.15, 0.2) is 0 Å². The van der Waals surface area contributed by atoms with Gasteiger partial charge in [0, 0.05) is 45.0 Å². The van der Waals surface area contributed by atoms with E-state index in [-0.39, 0.29) is 37.1 Å². The topological polar surface area (TPSA) is 67.6 Å². The lowest BCUT2D eigenvalue weighted by atomic mass is 10.0. The number of alkyl halides is 3. The van der Waals surface area contributed by atoms with Crippen LogP contribution in [0.1, 0.15) is 34.0 Å². The smallest absolute Gasteiger partial charge is 0.367 e. The number of carbonyl (C=O) groups excluding carboxylic acids is 2. The SMILES string of the molecule is CCc1ccc(C(=O)N2CCN(c3ccc(C#N)c(C(F)(F)F)c3)CC2C(=O)N(C)C)cc1. The van der Waals surface area contributed by atoms with Crippen LogP contribution in [-0.2, 0) is 17.4 Å². The fourth-order valence-corrected chi connectivity index (χ4v) is 3.88. The van der Waals surface area contributed by atoms with Crippen molar-refractivity contribution in [2.24, 2.45) is 0 Å². The van der Waals surface area contributed by atoms with Crippen LogP contribution in [0.2, 0.25) is 0 Å². The van der Waals surface area contributed by atoms with Gasteiger partial charge in [-0.2, -0.15) is 18.4 Å². The molecule has 1 heterocycles. The van der Waals surface area contributed by atoms with E-state index in [2.05, 4.69) is 0 Å². The molecule has 174 valence electrons. The number of carbonyl (C=O) groups is 2. The van der Waals surface area contributed by atoms with Gasteiger partial charge in [0.25, 0.3) is 5.91 Å². The number of piperazine rings is 1. The number of benzene rings is 2. The number of nitriles is 1. The number of rotatable bonds is 4. The van der Waals surface area contributed by atoms with E-state index in [1.807, 2.05) is 19.1 Å². The molecule has 1 saturated heterocycles. The maximum atomic E-state index is 13.4. The van der Waals surface area contributed by atoms with Gasteiger partial charge in [-0.25, -0.2) is 0 Å². The van der Waals surface area contributed by atoms with E-state index in [0.29, 0.717) is 5.56 Å². The first-order chi connectivity index (χ1) is 15.6. The van der Waals surface area contributed by atoms with Gasteiger partial charge >= 0.3 is 6.18 Å². The highest BCUT2D eigenvalue weighted by atomic mass is 19.4. The molecule has 1 atom stereocenters. The molecule has 0 spiro atoms. The van der Waals surface area contributed by atoms with Crippen molar-refractivity contribution < 1.29 is 22.8 Å². The summed E-state index contributed by atoms with van der Waals surface area (Å²) in [5.41, 5.74) is 0.301. The van der Waals surface area contributed by atoms with E-state index in [0.717, 1.165) is 24.1 Å². The van der Waals surface area contributed by atoms with Gasteiger partial charge in [-0.15, -0.1) is 0 Å². The van der Waals surface area contributed by atoms with Crippen molar-refractivity contribution in [2.45, 2.75) is 25.6 Å². The summed E-state index contributed by atoms with van der Waals surface area (Å²) < 4.78 is 40.3. The Morgan fingerprint density at radius 3 is 2.33 bits per heavy atom. The third kappa shape index (κ3) is 5.11. The lowest BCUT2D eigenvalue weighted by Gasteiger charge is -2.42. The van der Waals surface area contributed by atoms with Crippen LogP contribution in [-0.4, -0.2) is 61.4 Å². The number of halogens is 3. The average molecular weight is 458 g/mol. The monoisotopic (exact) mass is 458 g/mol. The van der Waals surface area contributed by atoms with Crippen LogP contribution in [0.3, 0.4) is 0 Å². The fourth-order valence-electron chi connectivity index (χ4n) is 3.88. The molecule has 3 rings (SSSR count). The molecule has 2 aromatic rings. The normalized spacial score (nSPS) is 16.3. The molecule has 9 heteroatoms. The lowest BCUT2D eigenvalue weighted by molar-refractivity contribution is -0.138. The molecule has 0 saturated carbocycles. The summed E-state index contributed by atoms with van der Waals surface area (Å²) in [5.74, 6) is -0.615. The van der Waals surface area contributed by atoms with Gasteiger partial charge in [0.05, 0.1) is 17.2 Å². The maximum absolute atomic E-state index is 13.4. The minimum atomic E-state index is -4.68. The standard InChI is InChI=1S/C24H25F3N4O2/c1-4-16-5-7-17(8-6-16)22(32)31-12-11-30(15-21(31)23(33)29(2)3)19-10-9-18(14-28)20(13-19)24(25,26)27/h5-10,13,21H,4,11-12,15H2,1-3H3. The molecule has 0 aliphatic carbocycles. The molecule has 2 amide bonds. The zero-order chi connectivity index (χ0) is 24.3. The van der Waals surface area contributed by atoms with Gasteiger partial charge in [0.1, 0.15) is 6.04 Å². The number of nitrogens with zero attached hydrogens (tertiary/aromatic N) is 4. The maximum Gasteiger partial charge on any atom is 0.417 e. The zero-order valence-electron chi connectivity index (χ0n) is 18.7. The highest BCUT2D eigenvalue weighted by Gasteiger charge is 2.38. The largest absolute Gasteiger partial charge is 0.417 e. The number of aryl methyl sites for hydroxylation is 1. The Balaban J connectivity index is 1.91. The third-order valence-electron chi connectivity index (χ3n) is 5.77. The Hall–Kier alpha value is -3.54. The summed E-state index contributed by atoms with van der Waals surface area (Å²) in [6, 6.07) is 11.4. The molecule has 33 heavy (non-hydrogen) atoms. The van der Waals surface area contributed by atoms with E-state index in [4.69, 9.17) is 5.26 Å². The van der Waals surface area contributed by atoms with Gasteiger partial charge in [-0.3, -0.25) is 9.59 Å². The summed E-state index contributed by atoms with van der Waals surface area (Å²) in [6.07, 6.45) is -3.85. The lowest BCUT2D eigenvalue weighted by Crippen LogP contribution is -2.60. The van der Waals surface area contributed by atoms with Gasteiger partial charge in [-0.1, -0.05) is 19.1 Å². The molecule has 0 N–H and O–H groups in total. The fraction of sp³-hybridized carbons (Fsp3) is 0.375. The molecular weight excluding hydrogens is 433 g/mol. The van der Waals surface area contributed by atoms with Crippen molar-refractivity contribution >= 4 is 17.5 Å². The molecule has 0 aromatic heterocycles. The van der Waals surface area contributed by atoms with Crippen molar-refractivity contribution in [3.8, 4) is 6.07 Å². The van der Waals surface area contributed by atoms with Crippen LogP contribution in [0.4, 0.5) is 18.9 Å². The van der Waals surface area contributed by atoms with Crippen LogP contribution in [0.15, 0.2) is 42.5 Å². The summed E-state index contributed by atoms with van der Waals surface area (Å²) in [4.78, 5) is 30.6. The first kappa shape index (κ1) is 24.1. The van der Waals surface area contributed by atoms with Crippen molar-refractivity contribution in [3.63, 3.8) is 0 Å². The van der Waals surface area contributed by atoms with Crippen LogP contribution < -0.4 is 4.90 Å². The van der Waals surface area contributed by atoms with Crippen LogP contribution >= 0.6 is 0 Å².